The van der Waals surface area contributed by atoms with Crippen molar-refractivity contribution in [1.29, 1.82) is 0 Å². The van der Waals surface area contributed by atoms with E-state index in [0.29, 0.717) is 19.1 Å². The molecule has 6 heteroatoms. The highest BCUT2D eigenvalue weighted by Gasteiger charge is 2.50. The Balaban J connectivity index is 1.54. The second-order valence-electron chi connectivity index (χ2n) is 6.71. The Labute approximate surface area is 142 Å². The number of hydrogen-bond donors (Lipinski definition) is 0. The van der Waals surface area contributed by atoms with Crippen LogP contribution in [0.25, 0.3) is 0 Å². The van der Waals surface area contributed by atoms with Crippen LogP contribution in [0.5, 0.6) is 0 Å². The molecule has 0 aromatic carbocycles. The zero-order valence-electron chi connectivity index (χ0n) is 14.0. The van der Waals surface area contributed by atoms with Crippen molar-refractivity contribution >= 4 is 17.2 Å². The van der Waals surface area contributed by atoms with E-state index in [4.69, 9.17) is 9.47 Å². The zero-order chi connectivity index (χ0) is 16.3. The lowest BCUT2D eigenvalue weighted by molar-refractivity contribution is -0.135. The smallest absolute Gasteiger partial charge is 0.248 e. The van der Waals surface area contributed by atoms with Crippen molar-refractivity contribution in [1.82, 2.24) is 9.88 Å². The highest BCUT2D eigenvalue weighted by molar-refractivity contribution is 7.09. The minimum absolute atomic E-state index is 0.121. The molecule has 1 aliphatic heterocycles. The third-order valence-electron chi connectivity index (χ3n) is 5.13. The largest absolute Gasteiger partial charge is 0.374 e. The average Bonchev–Trinajstić information content (AvgIpc) is 3.19. The van der Waals surface area contributed by atoms with E-state index in [1.54, 1.807) is 11.3 Å². The number of likely N-dealkylation sites (tertiary alicyclic amines) is 1. The number of aromatic nitrogens is 1. The fourth-order valence-electron chi connectivity index (χ4n) is 3.95. The Morgan fingerprint density at radius 2 is 2.39 bits per heavy atom. The molecule has 0 bridgehead atoms. The molecule has 1 aromatic rings. The lowest BCUT2D eigenvalue weighted by Crippen LogP contribution is -2.36. The average molecular weight is 338 g/mol. The molecule has 1 aromatic heterocycles. The first-order valence-corrected chi connectivity index (χ1v) is 9.35. The predicted octanol–water partition coefficient (Wildman–Crippen LogP) is 2.63. The summed E-state index contributed by atoms with van der Waals surface area (Å²) in [5, 5.41) is 3.14. The van der Waals surface area contributed by atoms with Gasteiger partial charge >= 0.3 is 0 Å². The molecule has 1 aliphatic carbocycles. The van der Waals surface area contributed by atoms with E-state index < -0.39 is 0 Å². The molecule has 1 saturated carbocycles. The van der Waals surface area contributed by atoms with Crippen LogP contribution in [-0.4, -0.2) is 48.7 Å². The quantitative estimate of drug-likeness (QED) is 0.767. The number of ether oxygens (including phenoxy) is 2. The second kappa shape index (κ2) is 7.28. The van der Waals surface area contributed by atoms with Gasteiger partial charge in [-0.3, -0.25) is 4.79 Å². The first-order valence-electron chi connectivity index (χ1n) is 8.47. The van der Waals surface area contributed by atoms with Gasteiger partial charge in [-0.2, -0.15) is 0 Å². The molecule has 2 aliphatic rings. The van der Waals surface area contributed by atoms with Crippen LogP contribution in [0.1, 0.15) is 36.9 Å². The van der Waals surface area contributed by atoms with Crippen LogP contribution in [0.15, 0.2) is 5.38 Å². The minimum Gasteiger partial charge on any atom is -0.374 e. The zero-order valence-corrected chi connectivity index (χ0v) is 14.9. The number of rotatable bonds is 7. The number of fused-ring (bicyclic) bond motifs is 1. The first-order chi connectivity index (χ1) is 11.1. The standard InChI is InChI=1S/C17H26N2O3S/c1-3-21-9-16(20)19-7-14-5-4-6-17(14,11-19)12-22-8-15-10-23-13(2)18-15/h10,14H,3-9,11-12H2,1-2H3/t14-,17-/m1/s1. The number of carbonyl (C=O) groups excluding carboxylic acids is 1. The number of carbonyl (C=O) groups is 1. The van der Waals surface area contributed by atoms with Gasteiger partial charge in [0.05, 0.1) is 23.9 Å². The lowest BCUT2D eigenvalue weighted by atomic mass is 9.81. The molecule has 3 rings (SSSR count). The predicted molar refractivity (Wildman–Crippen MR) is 89.4 cm³/mol. The van der Waals surface area contributed by atoms with Crippen LogP contribution in [0, 0.1) is 18.3 Å². The number of nitrogens with zero attached hydrogens (tertiary/aromatic N) is 2. The summed E-state index contributed by atoms with van der Waals surface area (Å²) in [6, 6.07) is 0. The molecule has 0 unspecified atom stereocenters. The van der Waals surface area contributed by atoms with Crippen molar-refractivity contribution in [3.63, 3.8) is 0 Å². The summed E-state index contributed by atoms with van der Waals surface area (Å²) in [7, 11) is 0. The number of amides is 1. The maximum atomic E-state index is 12.2. The number of aryl methyl sites for hydroxylation is 1. The van der Waals surface area contributed by atoms with Crippen molar-refractivity contribution in [3.8, 4) is 0 Å². The van der Waals surface area contributed by atoms with Gasteiger partial charge in [0, 0.05) is 30.5 Å². The van der Waals surface area contributed by atoms with E-state index in [2.05, 4.69) is 10.4 Å². The molecule has 2 atom stereocenters. The molecule has 128 valence electrons. The topological polar surface area (TPSA) is 51.7 Å². The Morgan fingerprint density at radius 3 is 3.13 bits per heavy atom. The Bertz CT molecular complexity index is 548. The highest BCUT2D eigenvalue weighted by Crippen LogP contribution is 2.48. The van der Waals surface area contributed by atoms with E-state index in [1.807, 2.05) is 18.7 Å². The fraction of sp³-hybridized carbons (Fsp3) is 0.765. The first kappa shape index (κ1) is 16.9. The summed E-state index contributed by atoms with van der Waals surface area (Å²) in [6.07, 6.45) is 3.61. The van der Waals surface area contributed by atoms with Crippen LogP contribution in [0.2, 0.25) is 0 Å². The van der Waals surface area contributed by atoms with Crippen LogP contribution >= 0.6 is 11.3 Å². The monoisotopic (exact) mass is 338 g/mol. The van der Waals surface area contributed by atoms with E-state index in [0.717, 1.165) is 36.8 Å². The normalized spacial score (nSPS) is 26.7. The maximum absolute atomic E-state index is 12.2. The molecule has 23 heavy (non-hydrogen) atoms. The molecule has 0 radical (unpaired) electrons. The Hall–Kier alpha value is -0.980. The van der Waals surface area contributed by atoms with Gasteiger partial charge in [-0.15, -0.1) is 11.3 Å². The minimum atomic E-state index is 0.121. The lowest BCUT2D eigenvalue weighted by Gasteiger charge is -2.28. The molecule has 0 spiro atoms. The summed E-state index contributed by atoms with van der Waals surface area (Å²) in [4.78, 5) is 18.7. The molecule has 2 fully saturated rings. The molecular weight excluding hydrogens is 312 g/mol. The second-order valence-corrected chi connectivity index (χ2v) is 7.78. The van der Waals surface area contributed by atoms with Gasteiger partial charge in [-0.25, -0.2) is 4.98 Å². The van der Waals surface area contributed by atoms with E-state index >= 15 is 0 Å². The van der Waals surface area contributed by atoms with Gasteiger partial charge in [0.2, 0.25) is 5.91 Å². The number of thiazole rings is 1. The van der Waals surface area contributed by atoms with Gasteiger partial charge in [-0.05, 0) is 32.6 Å². The molecule has 1 saturated heterocycles. The third-order valence-corrected chi connectivity index (χ3v) is 5.95. The van der Waals surface area contributed by atoms with Crippen LogP contribution in [0.4, 0.5) is 0 Å². The summed E-state index contributed by atoms with van der Waals surface area (Å²) in [5.74, 6) is 0.695. The van der Waals surface area contributed by atoms with Crippen molar-refractivity contribution in [3.05, 3.63) is 16.1 Å². The van der Waals surface area contributed by atoms with Gasteiger partial charge < -0.3 is 14.4 Å². The number of hydrogen-bond acceptors (Lipinski definition) is 5. The van der Waals surface area contributed by atoms with Crippen LogP contribution in [0.3, 0.4) is 0 Å². The Morgan fingerprint density at radius 1 is 1.52 bits per heavy atom. The summed E-state index contributed by atoms with van der Waals surface area (Å²) >= 11 is 1.66. The van der Waals surface area contributed by atoms with Crippen molar-refractivity contribution in [2.75, 3.05) is 32.9 Å². The molecule has 0 N–H and O–H groups in total. The summed E-state index contributed by atoms with van der Waals surface area (Å²) < 4.78 is 11.3. The maximum Gasteiger partial charge on any atom is 0.248 e. The van der Waals surface area contributed by atoms with Crippen LogP contribution in [-0.2, 0) is 20.9 Å². The van der Waals surface area contributed by atoms with Crippen LogP contribution < -0.4 is 0 Å². The van der Waals surface area contributed by atoms with E-state index in [-0.39, 0.29) is 17.9 Å². The van der Waals surface area contributed by atoms with E-state index in [1.165, 1.54) is 12.8 Å². The van der Waals surface area contributed by atoms with Gasteiger partial charge in [0.1, 0.15) is 6.61 Å². The molecule has 5 nitrogen and oxygen atoms in total. The fourth-order valence-corrected chi connectivity index (χ4v) is 4.55. The van der Waals surface area contributed by atoms with Gasteiger partial charge in [0.25, 0.3) is 0 Å². The Kier molecular flexibility index (Phi) is 5.34. The van der Waals surface area contributed by atoms with Crippen molar-refractivity contribution in [2.24, 2.45) is 11.3 Å². The third kappa shape index (κ3) is 3.75. The molecule has 2 heterocycles. The SMILES string of the molecule is CCOCC(=O)N1C[C@H]2CCC[C@]2(COCc2csc(C)n2)C1. The molecule has 1 amide bonds. The molecular formula is C17H26N2O3S. The van der Waals surface area contributed by atoms with Crippen molar-refractivity contribution < 1.29 is 14.3 Å². The van der Waals surface area contributed by atoms with Gasteiger partial charge in [-0.1, -0.05) is 6.42 Å². The van der Waals surface area contributed by atoms with E-state index in [9.17, 15) is 4.79 Å². The van der Waals surface area contributed by atoms with Gasteiger partial charge in [0.15, 0.2) is 0 Å². The highest BCUT2D eigenvalue weighted by atomic mass is 32.1. The summed E-state index contributed by atoms with van der Waals surface area (Å²) in [6.45, 7) is 7.71. The summed E-state index contributed by atoms with van der Waals surface area (Å²) in [5.41, 5.74) is 1.16. The van der Waals surface area contributed by atoms with Crippen molar-refractivity contribution in [2.45, 2.75) is 39.7 Å².